The molecule has 0 aliphatic heterocycles. The fraction of sp³-hybridized carbons (Fsp3) is 0.412. The number of amides is 3. The molecular weight excluding hydrogens is 388 g/mol. The molecule has 3 rings (SSSR count). The van der Waals surface area contributed by atoms with Crippen LogP contribution < -0.4 is 16.5 Å². The van der Waals surface area contributed by atoms with E-state index in [0.717, 1.165) is 43.0 Å². The Hall–Kier alpha value is -2.26. The first-order valence-corrected chi connectivity index (χ1v) is 10.1. The number of rotatable bonds is 5. The Morgan fingerprint density at radius 1 is 1.19 bits per heavy atom. The van der Waals surface area contributed by atoms with Crippen molar-refractivity contribution in [1.29, 1.82) is 0 Å². The molecule has 1 aliphatic carbocycles. The van der Waals surface area contributed by atoms with Gasteiger partial charge in [-0.2, -0.15) is 0 Å². The zero-order valence-electron chi connectivity index (χ0n) is 14.7. The van der Waals surface area contributed by atoms with Gasteiger partial charge in [0.25, 0.3) is 0 Å². The number of carbonyl (C=O) groups excluding carboxylic acids is 2. The van der Waals surface area contributed by atoms with Crippen LogP contribution in [0.15, 0.2) is 29.4 Å². The molecule has 0 atom stereocenters. The highest BCUT2D eigenvalue weighted by Gasteiger charge is 2.18. The van der Waals surface area contributed by atoms with E-state index in [1.54, 1.807) is 24.3 Å². The Morgan fingerprint density at radius 2 is 1.89 bits per heavy atom. The van der Waals surface area contributed by atoms with Crippen molar-refractivity contribution in [2.75, 3.05) is 11.6 Å². The van der Waals surface area contributed by atoms with Crippen LogP contribution in [0, 0.1) is 0 Å². The standard InChI is InChI=1S/C17H21ClN6O2S/c18-12-8-6-11(7-9-12)15-22-23-17(24(15)19)27-10-14(25)21-16(26)20-13-4-2-1-3-5-13/h6-9,13H,1-5,10,19H2,(H2,20,21,25,26). The summed E-state index contributed by atoms with van der Waals surface area (Å²) in [5.74, 6) is 6.07. The quantitative estimate of drug-likeness (QED) is 0.517. The predicted molar refractivity (Wildman–Crippen MR) is 105 cm³/mol. The number of benzene rings is 1. The van der Waals surface area contributed by atoms with E-state index in [9.17, 15) is 9.59 Å². The van der Waals surface area contributed by atoms with Crippen molar-refractivity contribution in [3.63, 3.8) is 0 Å². The second kappa shape index (κ2) is 9.09. The van der Waals surface area contributed by atoms with Crippen molar-refractivity contribution < 1.29 is 9.59 Å². The Balaban J connectivity index is 1.50. The van der Waals surface area contributed by atoms with E-state index in [4.69, 9.17) is 17.4 Å². The molecule has 1 aliphatic rings. The Labute approximate surface area is 166 Å². The SMILES string of the molecule is Nn1c(SCC(=O)NC(=O)NC2CCCCC2)nnc1-c1ccc(Cl)cc1. The van der Waals surface area contributed by atoms with E-state index in [1.165, 1.54) is 11.1 Å². The van der Waals surface area contributed by atoms with Gasteiger partial charge < -0.3 is 11.2 Å². The highest BCUT2D eigenvalue weighted by Crippen LogP contribution is 2.23. The van der Waals surface area contributed by atoms with Crippen molar-refractivity contribution in [3.8, 4) is 11.4 Å². The van der Waals surface area contributed by atoms with E-state index < -0.39 is 11.9 Å². The van der Waals surface area contributed by atoms with E-state index in [1.807, 2.05) is 0 Å². The topological polar surface area (TPSA) is 115 Å². The van der Waals surface area contributed by atoms with Gasteiger partial charge in [-0.05, 0) is 37.1 Å². The number of thioether (sulfide) groups is 1. The lowest BCUT2D eigenvalue weighted by molar-refractivity contribution is -0.117. The van der Waals surface area contributed by atoms with Crippen molar-refractivity contribution in [2.45, 2.75) is 43.3 Å². The van der Waals surface area contributed by atoms with Gasteiger partial charge in [-0.3, -0.25) is 10.1 Å². The molecule has 1 aromatic carbocycles. The molecule has 3 amide bonds. The van der Waals surface area contributed by atoms with E-state index >= 15 is 0 Å². The average Bonchev–Trinajstić information content (AvgIpc) is 3.02. The zero-order chi connectivity index (χ0) is 19.2. The van der Waals surface area contributed by atoms with Gasteiger partial charge in [-0.15, -0.1) is 10.2 Å². The molecule has 0 saturated heterocycles. The number of nitrogens with two attached hydrogens (primary N) is 1. The van der Waals surface area contributed by atoms with Crippen LogP contribution in [0.5, 0.6) is 0 Å². The number of carbonyl (C=O) groups is 2. The molecule has 1 heterocycles. The third-order valence-corrected chi connectivity index (χ3v) is 5.49. The lowest BCUT2D eigenvalue weighted by Crippen LogP contribution is -2.45. The summed E-state index contributed by atoms with van der Waals surface area (Å²) >= 11 is 6.98. The van der Waals surface area contributed by atoms with Crippen LogP contribution in [-0.4, -0.2) is 38.6 Å². The maximum Gasteiger partial charge on any atom is 0.321 e. The molecule has 8 nitrogen and oxygen atoms in total. The fourth-order valence-corrected chi connectivity index (χ4v) is 3.71. The summed E-state index contributed by atoms with van der Waals surface area (Å²) in [4.78, 5) is 23.9. The summed E-state index contributed by atoms with van der Waals surface area (Å²) in [6.07, 6.45) is 5.33. The first-order chi connectivity index (χ1) is 13.0. The monoisotopic (exact) mass is 408 g/mol. The molecular formula is C17H21ClN6O2S. The number of nitrogens with one attached hydrogen (secondary N) is 2. The number of hydrogen-bond acceptors (Lipinski definition) is 6. The Bertz CT molecular complexity index is 804. The third kappa shape index (κ3) is 5.36. The molecule has 1 fully saturated rings. The maximum absolute atomic E-state index is 12.0. The van der Waals surface area contributed by atoms with Crippen molar-refractivity contribution >= 4 is 35.3 Å². The maximum atomic E-state index is 12.0. The number of imide groups is 1. The molecule has 0 bridgehead atoms. The summed E-state index contributed by atoms with van der Waals surface area (Å²) in [5.41, 5.74) is 0.762. The van der Waals surface area contributed by atoms with Crippen LogP contribution in [0.25, 0.3) is 11.4 Å². The van der Waals surface area contributed by atoms with Gasteiger partial charge in [0.2, 0.25) is 11.1 Å². The number of hydrogen-bond donors (Lipinski definition) is 3. The number of nitrogen functional groups attached to an aromatic ring is 1. The van der Waals surface area contributed by atoms with E-state index in [-0.39, 0.29) is 11.8 Å². The van der Waals surface area contributed by atoms with Gasteiger partial charge >= 0.3 is 6.03 Å². The highest BCUT2D eigenvalue weighted by atomic mass is 35.5. The summed E-state index contributed by atoms with van der Waals surface area (Å²) in [6, 6.07) is 6.73. The second-order valence-corrected chi connectivity index (χ2v) is 7.71. The molecule has 0 radical (unpaired) electrons. The normalized spacial score (nSPS) is 14.7. The average molecular weight is 409 g/mol. The van der Waals surface area contributed by atoms with Crippen molar-refractivity contribution in [1.82, 2.24) is 25.5 Å². The van der Waals surface area contributed by atoms with Gasteiger partial charge in [-0.1, -0.05) is 42.6 Å². The molecule has 2 aromatic rings. The van der Waals surface area contributed by atoms with Crippen LogP contribution in [-0.2, 0) is 4.79 Å². The number of aromatic nitrogens is 3. The lowest BCUT2D eigenvalue weighted by Gasteiger charge is -2.22. The number of urea groups is 1. The first kappa shape index (κ1) is 19.5. The Kier molecular flexibility index (Phi) is 6.57. The molecule has 27 heavy (non-hydrogen) atoms. The minimum atomic E-state index is -0.455. The number of halogens is 1. The first-order valence-electron chi connectivity index (χ1n) is 8.72. The van der Waals surface area contributed by atoms with Crippen LogP contribution >= 0.6 is 23.4 Å². The summed E-state index contributed by atoms with van der Waals surface area (Å²) in [5, 5.41) is 14.2. The molecule has 1 saturated carbocycles. The molecule has 0 spiro atoms. The van der Waals surface area contributed by atoms with Crippen LogP contribution in [0.3, 0.4) is 0 Å². The fourth-order valence-electron chi connectivity index (χ4n) is 2.93. The van der Waals surface area contributed by atoms with Crippen LogP contribution in [0.4, 0.5) is 4.79 Å². The third-order valence-electron chi connectivity index (χ3n) is 4.29. The van der Waals surface area contributed by atoms with E-state index in [0.29, 0.717) is 16.0 Å². The van der Waals surface area contributed by atoms with Gasteiger partial charge in [0, 0.05) is 16.6 Å². The molecule has 144 valence electrons. The molecule has 1 aromatic heterocycles. The van der Waals surface area contributed by atoms with Crippen LogP contribution in [0.1, 0.15) is 32.1 Å². The Morgan fingerprint density at radius 3 is 2.59 bits per heavy atom. The van der Waals surface area contributed by atoms with Crippen LogP contribution in [0.2, 0.25) is 5.02 Å². The smallest absolute Gasteiger partial charge is 0.321 e. The van der Waals surface area contributed by atoms with Crippen molar-refractivity contribution in [3.05, 3.63) is 29.3 Å². The zero-order valence-corrected chi connectivity index (χ0v) is 16.2. The van der Waals surface area contributed by atoms with Gasteiger partial charge in [0.1, 0.15) is 0 Å². The minimum Gasteiger partial charge on any atom is -0.335 e. The van der Waals surface area contributed by atoms with Gasteiger partial charge in [-0.25, -0.2) is 9.47 Å². The van der Waals surface area contributed by atoms with E-state index in [2.05, 4.69) is 20.8 Å². The molecule has 4 N–H and O–H groups in total. The second-order valence-electron chi connectivity index (χ2n) is 6.33. The largest absolute Gasteiger partial charge is 0.335 e. The van der Waals surface area contributed by atoms with Gasteiger partial charge in [0.15, 0.2) is 5.82 Å². The summed E-state index contributed by atoms with van der Waals surface area (Å²) in [6.45, 7) is 0. The molecule has 10 heteroatoms. The predicted octanol–water partition coefficient (Wildman–Crippen LogP) is 2.56. The van der Waals surface area contributed by atoms with Gasteiger partial charge in [0.05, 0.1) is 5.75 Å². The molecule has 0 unspecified atom stereocenters. The lowest BCUT2D eigenvalue weighted by atomic mass is 9.96. The van der Waals surface area contributed by atoms with Crippen molar-refractivity contribution in [2.24, 2.45) is 0 Å². The summed E-state index contributed by atoms with van der Waals surface area (Å²) in [7, 11) is 0. The minimum absolute atomic E-state index is 0.00797. The number of nitrogens with zero attached hydrogens (tertiary/aromatic N) is 3. The highest BCUT2D eigenvalue weighted by molar-refractivity contribution is 7.99. The summed E-state index contributed by atoms with van der Waals surface area (Å²) < 4.78 is 1.31.